The molecule has 13 heavy (non-hydrogen) atoms. The Balaban J connectivity index is 1.96. The van der Waals surface area contributed by atoms with Gasteiger partial charge in [0, 0.05) is 19.2 Å². The summed E-state index contributed by atoms with van der Waals surface area (Å²) in [6.45, 7) is 2.68. The summed E-state index contributed by atoms with van der Waals surface area (Å²) < 4.78 is 17.8. The van der Waals surface area contributed by atoms with Gasteiger partial charge in [0.1, 0.15) is 0 Å². The van der Waals surface area contributed by atoms with Crippen molar-refractivity contribution in [2.45, 2.75) is 0 Å². The Morgan fingerprint density at radius 1 is 1.54 bits per heavy atom. The molecule has 0 amide bonds. The standard InChI is InChI=1S/C7H10FN4O/c8-7-1-2-9-12(10-7)11-3-5-13-6-4-11/h1,9H,3-6H2. The fraction of sp³-hybridized carbons (Fsp3) is 0.571. The van der Waals surface area contributed by atoms with Crippen LogP contribution in [0.2, 0.25) is 0 Å². The summed E-state index contributed by atoms with van der Waals surface area (Å²) >= 11 is 0. The molecule has 0 aromatic heterocycles. The maximum Gasteiger partial charge on any atom is 0.236 e. The normalized spacial score (nSPS) is 24.1. The van der Waals surface area contributed by atoms with Gasteiger partial charge in [0.15, 0.2) is 0 Å². The number of hydrogen-bond acceptors (Lipinski definition) is 5. The van der Waals surface area contributed by atoms with Gasteiger partial charge < -0.3 is 4.74 Å². The minimum Gasteiger partial charge on any atom is -0.379 e. The first-order valence-corrected chi connectivity index (χ1v) is 4.07. The van der Waals surface area contributed by atoms with Gasteiger partial charge in [0.2, 0.25) is 5.97 Å². The minimum absolute atomic E-state index is 0.551. The number of hydrogen-bond donors (Lipinski definition) is 1. The van der Waals surface area contributed by atoms with Gasteiger partial charge in [0.25, 0.3) is 0 Å². The van der Waals surface area contributed by atoms with Crippen LogP contribution in [0.5, 0.6) is 0 Å². The van der Waals surface area contributed by atoms with Crippen molar-refractivity contribution in [3.05, 3.63) is 12.3 Å². The highest BCUT2D eigenvalue weighted by Crippen LogP contribution is 2.04. The number of nitrogens with one attached hydrogen (secondary N) is 1. The zero-order valence-electron chi connectivity index (χ0n) is 7.03. The van der Waals surface area contributed by atoms with E-state index in [1.165, 1.54) is 5.23 Å². The van der Waals surface area contributed by atoms with E-state index in [-0.39, 0.29) is 0 Å². The second kappa shape index (κ2) is 3.71. The molecule has 71 valence electrons. The summed E-state index contributed by atoms with van der Waals surface area (Å²) in [5.41, 5.74) is 2.69. The highest BCUT2D eigenvalue weighted by molar-refractivity contribution is 5.85. The Labute approximate surface area is 75.4 Å². The lowest BCUT2D eigenvalue weighted by Gasteiger charge is -2.34. The van der Waals surface area contributed by atoms with Crippen LogP contribution in [-0.2, 0) is 4.74 Å². The van der Waals surface area contributed by atoms with Crippen molar-refractivity contribution < 1.29 is 9.13 Å². The van der Waals surface area contributed by atoms with Crippen LogP contribution in [0.1, 0.15) is 0 Å². The van der Waals surface area contributed by atoms with E-state index in [1.807, 2.05) is 5.01 Å². The van der Waals surface area contributed by atoms with Crippen LogP contribution in [-0.4, -0.2) is 42.5 Å². The van der Waals surface area contributed by atoms with Crippen molar-refractivity contribution in [3.63, 3.8) is 0 Å². The first-order valence-electron chi connectivity index (χ1n) is 4.07. The molecule has 6 heteroatoms. The van der Waals surface area contributed by atoms with Crippen LogP contribution in [0, 0.1) is 6.20 Å². The molecular formula is C7H10FN4O. The molecule has 0 aromatic carbocycles. The molecule has 5 nitrogen and oxygen atoms in total. The molecule has 1 N–H and O–H groups in total. The second-order valence-electron chi connectivity index (χ2n) is 2.68. The number of morpholine rings is 1. The fourth-order valence-electron chi connectivity index (χ4n) is 1.17. The van der Waals surface area contributed by atoms with E-state index in [0.717, 1.165) is 6.08 Å². The Kier molecular flexibility index (Phi) is 2.42. The highest BCUT2D eigenvalue weighted by atomic mass is 19.1. The Morgan fingerprint density at radius 3 is 3.00 bits per heavy atom. The molecule has 0 aromatic rings. The number of hydrazone groups is 1. The van der Waals surface area contributed by atoms with E-state index >= 15 is 0 Å². The smallest absolute Gasteiger partial charge is 0.236 e. The van der Waals surface area contributed by atoms with Gasteiger partial charge in [-0.15, -0.1) is 10.3 Å². The summed E-state index contributed by atoms with van der Waals surface area (Å²) in [7, 11) is 0. The van der Waals surface area contributed by atoms with Gasteiger partial charge in [-0.2, -0.15) is 9.40 Å². The minimum atomic E-state index is -0.551. The largest absolute Gasteiger partial charge is 0.379 e. The Hall–Kier alpha value is -1.14. The van der Waals surface area contributed by atoms with E-state index in [2.05, 4.69) is 16.7 Å². The maximum atomic E-state index is 12.7. The average Bonchev–Trinajstić information content (AvgIpc) is 2.19. The number of hydrazine groups is 2. The summed E-state index contributed by atoms with van der Waals surface area (Å²) in [5, 5.41) is 6.83. The summed E-state index contributed by atoms with van der Waals surface area (Å²) in [6, 6.07) is 0. The van der Waals surface area contributed by atoms with Gasteiger partial charge in [-0.3, -0.25) is 5.43 Å². The summed E-state index contributed by atoms with van der Waals surface area (Å²) in [5.74, 6) is -0.551. The maximum absolute atomic E-state index is 12.7. The molecule has 0 atom stereocenters. The number of nitrogens with zero attached hydrogens (tertiary/aromatic N) is 3. The third kappa shape index (κ3) is 1.96. The van der Waals surface area contributed by atoms with Gasteiger partial charge in [-0.1, -0.05) is 0 Å². The highest BCUT2D eigenvalue weighted by Gasteiger charge is 2.18. The quantitative estimate of drug-likeness (QED) is 0.606. The lowest BCUT2D eigenvalue weighted by atomic mass is 10.5. The molecule has 0 spiro atoms. The third-order valence-electron chi connectivity index (χ3n) is 1.80. The lowest BCUT2D eigenvalue weighted by molar-refractivity contribution is -0.114. The summed E-state index contributed by atoms with van der Waals surface area (Å²) in [6.07, 6.45) is 3.69. The van der Waals surface area contributed by atoms with Crippen molar-refractivity contribution in [2.24, 2.45) is 5.10 Å². The zero-order chi connectivity index (χ0) is 9.10. The first kappa shape index (κ1) is 8.46. The topological polar surface area (TPSA) is 40.1 Å². The fourth-order valence-corrected chi connectivity index (χ4v) is 1.17. The van der Waals surface area contributed by atoms with Crippen molar-refractivity contribution in [3.8, 4) is 0 Å². The molecular weight excluding hydrogens is 175 g/mol. The number of ether oxygens (including phenoxy) is 1. The number of halogens is 1. The predicted octanol–water partition coefficient (Wildman–Crippen LogP) is -0.346. The molecule has 0 unspecified atom stereocenters. The molecule has 0 saturated carbocycles. The van der Waals surface area contributed by atoms with Gasteiger partial charge >= 0.3 is 0 Å². The van der Waals surface area contributed by atoms with Gasteiger partial charge in [0.05, 0.1) is 19.4 Å². The monoisotopic (exact) mass is 185 g/mol. The molecule has 2 aliphatic rings. The van der Waals surface area contributed by atoms with Crippen LogP contribution in [0.3, 0.4) is 0 Å². The third-order valence-corrected chi connectivity index (χ3v) is 1.80. The number of rotatable bonds is 1. The van der Waals surface area contributed by atoms with Crippen molar-refractivity contribution in [2.75, 3.05) is 26.3 Å². The molecule has 1 fully saturated rings. The van der Waals surface area contributed by atoms with E-state index < -0.39 is 5.97 Å². The Morgan fingerprint density at radius 2 is 2.31 bits per heavy atom. The van der Waals surface area contributed by atoms with Gasteiger partial charge in [-0.05, 0) is 0 Å². The van der Waals surface area contributed by atoms with E-state index in [0.29, 0.717) is 26.3 Å². The lowest BCUT2D eigenvalue weighted by Crippen LogP contribution is -2.51. The van der Waals surface area contributed by atoms with E-state index in [1.54, 1.807) is 0 Å². The Bertz CT molecular complexity index is 237. The van der Waals surface area contributed by atoms with Gasteiger partial charge in [-0.25, -0.2) is 0 Å². The van der Waals surface area contributed by atoms with Crippen LogP contribution < -0.4 is 5.43 Å². The SMILES string of the molecule is FC1=NN(N2CCOCC2)N[C]=C1. The van der Waals surface area contributed by atoms with Crippen LogP contribution in [0.25, 0.3) is 0 Å². The zero-order valence-corrected chi connectivity index (χ0v) is 7.03. The van der Waals surface area contributed by atoms with E-state index in [9.17, 15) is 4.39 Å². The van der Waals surface area contributed by atoms with Crippen LogP contribution in [0.15, 0.2) is 11.2 Å². The molecule has 2 aliphatic heterocycles. The van der Waals surface area contributed by atoms with Crippen molar-refractivity contribution >= 4 is 5.97 Å². The van der Waals surface area contributed by atoms with Crippen LogP contribution in [0.4, 0.5) is 4.39 Å². The average molecular weight is 185 g/mol. The van der Waals surface area contributed by atoms with E-state index in [4.69, 9.17) is 4.74 Å². The van der Waals surface area contributed by atoms with Crippen molar-refractivity contribution in [1.82, 2.24) is 15.7 Å². The molecule has 0 bridgehead atoms. The predicted molar refractivity (Wildman–Crippen MR) is 43.7 cm³/mol. The first-order chi connectivity index (χ1) is 6.36. The molecule has 2 heterocycles. The van der Waals surface area contributed by atoms with Crippen LogP contribution >= 0.6 is 0 Å². The molecule has 0 aliphatic carbocycles. The van der Waals surface area contributed by atoms with Crippen molar-refractivity contribution in [1.29, 1.82) is 0 Å². The second-order valence-corrected chi connectivity index (χ2v) is 2.68. The molecule has 1 saturated heterocycles. The number of allylic oxidation sites excluding steroid dienone is 1. The summed E-state index contributed by atoms with van der Waals surface area (Å²) in [4.78, 5) is 0. The molecule has 2 rings (SSSR count). The molecule has 1 radical (unpaired) electrons.